The van der Waals surface area contributed by atoms with E-state index in [1.807, 2.05) is 13.8 Å². The van der Waals surface area contributed by atoms with Crippen molar-refractivity contribution in [3.8, 4) is 5.75 Å². The molecule has 1 aromatic rings. The molecular formula is C15H19NO5. The topological polar surface area (TPSA) is 84.9 Å². The van der Waals surface area contributed by atoms with Crippen LogP contribution in [-0.4, -0.2) is 35.3 Å². The molecule has 0 saturated carbocycles. The van der Waals surface area contributed by atoms with Crippen LogP contribution >= 0.6 is 0 Å². The van der Waals surface area contributed by atoms with Gasteiger partial charge >= 0.3 is 5.97 Å². The Morgan fingerprint density at radius 2 is 1.86 bits per heavy atom. The normalized spacial score (nSPS) is 21.3. The van der Waals surface area contributed by atoms with E-state index in [9.17, 15) is 9.59 Å². The van der Waals surface area contributed by atoms with Crippen molar-refractivity contribution < 1.29 is 24.2 Å². The van der Waals surface area contributed by atoms with E-state index >= 15 is 0 Å². The Bertz CT molecular complexity index is 511. The van der Waals surface area contributed by atoms with Crippen molar-refractivity contribution in [2.45, 2.75) is 45.0 Å². The van der Waals surface area contributed by atoms with E-state index in [4.69, 9.17) is 14.6 Å². The number of carbonyl (C=O) groups is 2. The lowest BCUT2D eigenvalue weighted by atomic mass is 10.2. The predicted molar refractivity (Wildman–Crippen MR) is 76.4 cm³/mol. The van der Waals surface area contributed by atoms with Crippen molar-refractivity contribution in [2.24, 2.45) is 0 Å². The molecule has 21 heavy (non-hydrogen) atoms. The first kappa shape index (κ1) is 15.3. The first-order valence-corrected chi connectivity index (χ1v) is 6.91. The zero-order valence-corrected chi connectivity index (χ0v) is 12.0. The maximum Gasteiger partial charge on any atom is 0.332 e. The number of nitrogens with one attached hydrogen (secondary N) is 1. The van der Waals surface area contributed by atoms with Crippen molar-refractivity contribution in [1.82, 2.24) is 0 Å². The van der Waals surface area contributed by atoms with Gasteiger partial charge in [0.15, 0.2) is 6.10 Å². The molecule has 1 aliphatic rings. The van der Waals surface area contributed by atoms with Gasteiger partial charge in [0, 0.05) is 5.69 Å². The van der Waals surface area contributed by atoms with Crippen LogP contribution < -0.4 is 10.1 Å². The third kappa shape index (κ3) is 4.19. The molecule has 6 nitrogen and oxygen atoms in total. The Hall–Kier alpha value is -2.08. The summed E-state index contributed by atoms with van der Waals surface area (Å²) >= 11 is 0. The molecule has 0 radical (unpaired) electrons. The van der Waals surface area contributed by atoms with Crippen LogP contribution in [0.25, 0.3) is 0 Å². The SMILES string of the molecule is CC(C)Oc1ccc(NC(=O)C2CCC(C(=O)O)O2)cc1. The van der Waals surface area contributed by atoms with E-state index in [0.717, 1.165) is 5.75 Å². The third-order valence-corrected chi connectivity index (χ3v) is 3.08. The zero-order valence-electron chi connectivity index (χ0n) is 12.0. The van der Waals surface area contributed by atoms with Gasteiger partial charge in [-0.2, -0.15) is 0 Å². The lowest BCUT2D eigenvalue weighted by Gasteiger charge is -2.13. The van der Waals surface area contributed by atoms with E-state index < -0.39 is 18.2 Å². The van der Waals surface area contributed by atoms with Crippen LogP contribution in [0.15, 0.2) is 24.3 Å². The number of carbonyl (C=O) groups excluding carboxylic acids is 1. The standard InChI is InChI=1S/C15H19NO5/c1-9(2)20-11-5-3-10(4-6-11)16-14(17)12-7-8-13(21-12)15(18)19/h3-6,9,12-13H,7-8H2,1-2H3,(H,16,17)(H,18,19). The molecule has 1 saturated heterocycles. The minimum atomic E-state index is -1.03. The number of benzene rings is 1. The molecular weight excluding hydrogens is 274 g/mol. The molecule has 1 amide bonds. The molecule has 1 aliphatic heterocycles. The summed E-state index contributed by atoms with van der Waals surface area (Å²) in [6.07, 6.45) is -0.739. The quantitative estimate of drug-likeness (QED) is 0.868. The summed E-state index contributed by atoms with van der Waals surface area (Å²) in [7, 11) is 0. The second-order valence-electron chi connectivity index (χ2n) is 5.21. The van der Waals surface area contributed by atoms with Gasteiger partial charge in [-0.25, -0.2) is 4.79 Å². The smallest absolute Gasteiger partial charge is 0.332 e. The number of hydrogen-bond donors (Lipinski definition) is 2. The van der Waals surface area contributed by atoms with Crippen molar-refractivity contribution >= 4 is 17.6 Å². The molecule has 0 aromatic heterocycles. The number of rotatable bonds is 5. The Balaban J connectivity index is 1.89. The fourth-order valence-electron chi connectivity index (χ4n) is 2.12. The first-order chi connectivity index (χ1) is 9.95. The van der Waals surface area contributed by atoms with Gasteiger partial charge in [0.2, 0.25) is 0 Å². The second-order valence-corrected chi connectivity index (χ2v) is 5.21. The molecule has 0 aliphatic carbocycles. The van der Waals surface area contributed by atoms with Crippen LogP contribution in [0.4, 0.5) is 5.69 Å². The van der Waals surface area contributed by atoms with Gasteiger partial charge in [-0.3, -0.25) is 4.79 Å². The van der Waals surface area contributed by atoms with Crippen LogP contribution in [0.1, 0.15) is 26.7 Å². The van der Waals surface area contributed by atoms with Gasteiger partial charge in [-0.15, -0.1) is 0 Å². The molecule has 0 bridgehead atoms. The Morgan fingerprint density at radius 3 is 2.38 bits per heavy atom. The minimum absolute atomic E-state index is 0.0882. The summed E-state index contributed by atoms with van der Waals surface area (Å²) in [5.74, 6) is -0.622. The number of carboxylic acids is 1. The summed E-state index contributed by atoms with van der Waals surface area (Å²) < 4.78 is 10.7. The minimum Gasteiger partial charge on any atom is -0.491 e. The summed E-state index contributed by atoms with van der Waals surface area (Å²) in [5.41, 5.74) is 0.624. The lowest BCUT2D eigenvalue weighted by molar-refractivity contribution is -0.150. The number of ether oxygens (including phenoxy) is 2. The number of anilines is 1. The van der Waals surface area contributed by atoms with Crippen LogP contribution in [0.3, 0.4) is 0 Å². The van der Waals surface area contributed by atoms with Gasteiger partial charge in [0.25, 0.3) is 5.91 Å². The van der Waals surface area contributed by atoms with E-state index in [2.05, 4.69) is 5.32 Å². The number of amides is 1. The van der Waals surface area contributed by atoms with Crippen LogP contribution in [0.2, 0.25) is 0 Å². The highest BCUT2D eigenvalue weighted by Gasteiger charge is 2.34. The average Bonchev–Trinajstić information content (AvgIpc) is 2.90. The molecule has 114 valence electrons. The Labute approximate surface area is 123 Å². The highest BCUT2D eigenvalue weighted by molar-refractivity contribution is 5.94. The average molecular weight is 293 g/mol. The number of hydrogen-bond acceptors (Lipinski definition) is 4. The summed E-state index contributed by atoms with van der Waals surface area (Å²) in [6.45, 7) is 3.87. The fraction of sp³-hybridized carbons (Fsp3) is 0.467. The molecule has 2 atom stereocenters. The van der Waals surface area contributed by atoms with Crippen molar-refractivity contribution in [3.05, 3.63) is 24.3 Å². The predicted octanol–water partition coefficient (Wildman–Crippen LogP) is 2.04. The fourth-order valence-corrected chi connectivity index (χ4v) is 2.12. The number of carboxylic acid groups (broad SMARTS) is 1. The highest BCUT2D eigenvalue weighted by atomic mass is 16.5. The van der Waals surface area contributed by atoms with Crippen molar-refractivity contribution in [1.29, 1.82) is 0 Å². The van der Waals surface area contributed by atoms with Gasteiger partial charge in [-0.05, 0) is 51.0 Å². The molecule has 2 rings (SSSR count). The first-order valence-electron chi connectivity index (χ1n) is 6.91. The van der Waals surface area contributed by atoms with Gasteiger partial charge in [0.1, 0.15) is 11.9 Å². The van der Waals surface area contributed by atoms with Gasteiger partial charge in [-0.1, -0.05) is 0 Å². The summed E-state index contributed by atoms with van der Waals surface area (Å²) in [5, 5.41) is 11.5. The van der Waals surface area contributed by atoms with E-state index in [1.54, 1.807) is 24.3 Å². The lowest BCUT2D eigenvalue weighted by Crippen LogP contribution is -2.29. The van der Waals surface area contributed by atoms with Gasteiger partial charge < -0.3 is 19.9 Å². The second kappa shape index (κ2) is 6.58. The monoisotopic (exact) mass is 293 g/mol. The van der Waals surface area contributed by atoms with Gasteiger partial charge in [0.05, 0.1) is 6.10 Å². The molecule has 2 unspecified atom stereocenters. The third-order valence-electron chi connectivity index (χ3n) is 3.08. The zero-order chi connectivity index (χ0) is 15.4. The molecule has 6 heteroatoms. The van der Waals surface area contributed by atoms with Crippen LogP contribution in [0, 0.1) is 0 Å². The summed E-state index contributed by atoms with van der Waals surface area (Å²) in [6, 6.07) is 7.01. The largest absolute Gasteiger partial charge is 0.491 e. The maximum absolute atomic E-state index is 12.0. The molecule has 0 spiro atoms. The highest BCUT2D eigenvalue weighted by Crippen LogP contribution is 2.22. The summed E-state index contributed by atoms with van der Waals surface area (Å²) in [4.78, 5) is 22.8. The Morgan fingerprint density at radius 1 is 1.24 bits per heavy atom. The van der Waals surface area contributed by atoms with Crippen LogP contribution in [-0.2, 0) is 14.3 Å². The molecule has 1 fully saturated rings. The molecule has 1 aromatic carbocycles. The Kier molecular flexibility index (Phi) is 4.80. The van der Waals surface area contributed by atoms with Crippen molar-refractivity contribution in [3.63, 3.8) is 0 Å². The van der Waals surface area contributed by atoms with E-state index in [1.165, 1.54) is 0 Å². The van der Waals surface area contributed by atoms with E-state index in [0.29, 0.717) is 18.5 Å². The molecule has 2 N–H and O–H groups in total. The molecule has 1 heterocycles. The van der Waals surface area contributed by atoms with Crippen molar-refractivity contribution in [2.75, 3.05) is 5.32 Å². The van der Waals surface area contributed by atoms with E-state index in [-0.39, 0.29) is 12.0 Å². The maximum atomic E-state index is 12.0. The number of aliphatic carboxylic acids is 1. The van der Waals surface area contributed by atoms with Crippen LogP contribution in [0.5, 0.6) is 5.75 Å².